The van der Waals surface area contributed by atoms with Crippen molar-refractivity contribution < 1.29 is 0 Å². The van der Waals surface area contributed by atoms with Gasteiger partial charge in [-0.05, 0) is 61.8 Å². The number of fused-ring (bicyclic) bond motifs is 1. The van der Waals surface area contributed by atoms with Gasteiger partial charge in [-0.1, -0.05) is 33.7 Å². The predicted octanol–water partition coefficient (Wildman–Crippen LogP) is 5.18. The first-order chi connectivity index (χ1) is 11.8. The number of aromatic nitrogens is 2. The van der Waals surface area contributed by atoms with E-state index in [2.05, 4.69) is 54.3 Å². The quantitative estimate of drug-likeness (QED) is 0.652. The molecular formula is C18H19BrN4S. The Balaban J connectivity index is 1.49. The summed E-state index contributed by atoms with van der Waals surface area (Å²) in [5.74, 6) is 0.864. The molecular weight excluding hydrogens is 384 g/mol. The van der Waals surface area contributed by atoms with Gasteiger partial charge in [-0.2, -0.15) is 0 Å². The molecule has 0 atom stereocenters. The van der Waals surface area contributed by atoms with Gasteiger partial charge in [0.05, 0.1) is 10.2 Å². The molecule has 1 aromatic carbocycles. The van der Waals surface area contributed by atoms with Crippen LogP contribution in [0.4, 0.5) is 10.9 Å². The number of hydrogen-bond acceptors (Lipinski definition) is 5. The number of hydrogen-bond donors (Lipinski definition) is 1. The molecule has 1 N–H and O–H groups in total. The molecule has 0 saturated carbocycles. The summed E-state index contributed by atoms with van der Waals surface area (Å²) >= 11 is 5.15. The Hall–Kier alpha value is -1.50. The molecule has 0 radical (unpaired) electrons. The Morgan fingerprint density at radius 3 is 2.88 bits per heavy atom. The zero-order valence-corrected chi connectivity index (χ0v) is 15.7. The Labute approximate surface area is 154 Å². The van der Waals surface area contributed by atoms with E-state index in [0.717, 1.165) is 32.2 Å². The van der Waals surface area contributed by atoms with Crippen LogP contribution in [0.3, 0.4) is 0 Å². The van der Waals surface area contributed by atoms with Gasteiger partial charge >= 0.3 is 0 Å². The Bertz CT molecular complexity index is 842. The van der Waals surface area contributed by atoms with Crippen LogP contribution < -0.4 is 5.32 Å². The van der Waals surface area contributed by atoms with Crippen molar-refractivity contribution in [3.05, 3.63) is 46.6 Å². The van der Waals surface area contributed by atoms with Gasteiger partial charge in [-0.3, -0.25) is 4.90 Å². The van der Waals surface area contributed by atoms with Crippen LogP contribution in [-0.2, 0) is 6.54 Å². The number of anilines is 2. The molecule has 0 amide bonds. The monoisotopic (exact) mass is 402 g/mol. The lowest BCUT2D eigenvalue weighted by atomic mass is 10.1. The first-order valence-electron chi connectivity index (χ1n) is 8.27. The lowest BCUT2D eigenvalue weighted by molar-refractivity contribution is 0.221. The maximum atomic E-state index is 4.63. The van der Waals surface area contributed by atoms with Crippen LogP contribution >= 0.6 is 27.3 Å². The van der Waals surface area contributed by atoms with E-state index in [1.165, 1.54) is 37.9 Å². The lowest BCUT2D eigenvalue weighted by Gasteiger charge is -2.26. The minimum Gasteiger partial charge on any atom is -0.316 e. The SMILES string of the molecule is Brc1ccc2nc(Nc3cc(CN4CCCCC4)ccn3)sc2c1. The van der Waals surface area contributed by atoms with E-state index in [9.17, 15) is 0 Å². The molecule has 3 aromatic rings. The molecule has 124 valence electrons. The summed E-state index contributed by atoms with van der Waals surface area (Å²) in [4.78, 5) is 11.6. The third-order valence-corrected chi connectivity index (χ3v) is 5.69. The maximum absolute atomic E-state index is 4.63. The summed E-state index contributed by atoms with van der Waals surface area (Å²) < 4.78 is 2.24. The predicted molar refractivity (Wildman–Crippen MR) is 104 cm³/mol. The van der Waals surface area contributed by atoms with Crippen molar-refractivity contribution in [2.24, 2.45) is 0 Å². The van der Waals surface area contributed by atoms with Gasteiger partial charge < -0.3 is 5.32 Å². The molecule has 4 rings (SSSR count). The van der Waals surface area contributed by atoms with E-state index in [0.29, 0.717) is 0 Å². The molecule has 24 heavy (non-hydrogen) atoms. The fourth-order valence-electron chi connectivity index (χ4n) is 3.08. The molecule has 0 aliphatic carbocycles. The maximum Gasteiger partial charge on any atom is 0.189 e. The number of halogens is 1. The molecule has 1 aliphatic rings. The smallest absolute Gasteiger partial charge is 0.189 e. The minimum atomic E-state index is 0.864. The van der Waals surface area contributed by atoms with Crippen LogP contribution in [-0.4, -0.2) is 28.0 Å². The third-order valence-electron chi connectivity index (χ3n) is 4.26. The summed E-state index contributed by atoms with van der Waals surface area (Å²) in [5, 5.41) is 4.23. The fraction of sp³-hybridized carbons (Fsp3) is 0.333. The molecule has 4 nitrogen and oxygen atoms in total. The molecule has 2 aromatic heterocycles. The van der Waals surface area contributed by atoms with Crippen molar-refractivity contribution in [1.29, 1.82) is 0 Å². The van der Waals surface area contributed by atoms with Crippen LogP contribution in [0.25, 0.3) is 10.2 Å². The normalized spacial score (nSPS) is 15.7. The minimum absolute atomic E-state index is 0.864. The first-order valence-corrected chi connectivity index (χ1v) is 9.88. The average Bonchev–Trinajstić information content (AvgIpc) is 2.97. The fourth-order valence-corrected chi connectivity index (χ4v) is 4.50. The third kappa shape index (κ3) is 3.77. The number of nitrogens with one attached hydrogen (secondary N) is 1. The van der Waals surface area contributed by atoms with Gasteiger partial charge in [0.1, 0.15) is 5.82 Å². The van der Waals surface area contributed by atoms with Crippen LogP contribution in [0.2, 0.25) is 0 Å². The van der Waals surface area contributed by atoms with Crippen LogP contribution in [0.1, 0.15) is 24.8 Å². The van der Waals surface area contributed by atoms with E-state index in [1.807, 2.05) is 18.3 Å². The number of likely N-dealkylation sites (tertiary alicyclic amines) is 1. The van der Waals surface area contributed by atoms with Crippen LogP contribution in [0.15, 0.2) is 41.0 Å². The molecule has 6 heteroatoms. The topological polar surface area (TPSA) is 41.1 Å². The van der Waals surface area contributed by atoms with Gasteiger partial charge in [-0.25, -0.2) is 9.97 Å². The van der Waals surface area contributed by atoms with E-state index < -0.39 is 0 Å². The van der Waals surface area contributed by atoms with E-state index in [4.69, 9.17) is 0 Å². The Morgan fingerprint density at radius 1 is 1.12 bits per heavy atom. The largest absolute Gasteiger partial charge is 0.316 e. The summed E-state index contributed by atoms with van der Waals surface area (Å²) in [6.07, 6.45) is 5.88. The summed E-state index contributed by atoms with van der Waals surface area (Å²) in [5.41, 5.74) is 2.31. The Morgan fingerprint density at radius 2 is 2.00 bits per heavy atom. The van der Waals surface area contributed by atoms with Crippen molar-refractivity contribution in [3.63, 3.8) is 0 Å². The van der Waals surface area contributed by atoms with Crippen molar-refractivity contribution in [2.45, 2.75) is 25.8 Å². The van der Waals surface area contributed by atoms with E-state index >= 15 is 0 Å². The highest BCUT2D eigenvalue weighted by Gasteiger charge is 2.11. The van der Waals surface area contributed by atoms with Crippen LogP contribution in [0, 0.1) is 0 Å². The highest BCUT2D eigenvalue weighted by Crippen LogP contribution is 2.30. The lowest BCUT2D eigenvalue weighted by Crippen LogP contribution is -2.29. The highest BCUT2D eigenvalue weighted by atomic mass is 79.9. The standard InChI is InChI=1S/C18H19BrN4S/c19-14-4-5-15-16(11-14)24-18(21-15)22-17-10-13(6-7-20-17)12-23-8-2-1-3-9-23/h4-7,10-11H,1-3,8-9,12H2,(H,20,21,22). The van der Waals surface area contributed by atoms with Gasteiger partial charge in [0.25, 0.3) is 0 Å². The molecule has 0 spiro atoms. The second-order valence-corrected chi connectivity index (χ2v) is 8.09. The zero-order chi connectivity index (χ0) is 16.4. The highest BCUT2D eigenvalue weighted by molar-refractivity contribution is 9.10. The van der Waals surface area contributed by atoms with Gasteiger partial charge in [0.2, 0.25) is 0 Å². The number of thiazole rings is 1. The molecule has 0 bridgehead atoms. The van der Waals surface area contributed by atoms with E-state index in [1.54, 1.807) is 11.3 Å². The zero-order valence-electron chi connectivity index (χ0n) is 13.3. The number of rotatable bonds is 4. The average molecular weight is 403 g/mol. The van der Waals surface area contributed by atoms with Crippen molar-refractivity contribution in [2.75, 3.05) is 18.4 Å². The number of benzene rings is 1. The molecule has 1 saturated heterocycles. The number of nitrogens with zero attached hydrogens (tertiary/aromatic N) is 3. The van der Waals surface area contributed by atoms with Crippen molar-refractivity contribution in [1.82, 2.24) is 14.9 Å². The second-order valence-electron chi connectivity index (χ2n) is 6.14. The van der Waals surface area contributed by atoms with E-state index in [-0.39, 0.29) is 0 Å². The van der Waals surface area contributed by atoms with Gasteiger partial charge in [-0.15, -0.1) is 0 Å². The van der Waals surface area contributed by atoms with Crippen LogP contribution in [0.5, 0.6) is 0 Å². The molecule has 1 aliphatic heterocycles. The number of piperidine rings is 1. The summed E-state index contributed by atoms with van der Waals surface area (Å²) in [7, 11) is 0. The Kier molecular flexibility index (Phi) is 4.78. The summed E-state index contributed by atoms with van der Waals surface area (Å²) in [6, 6.07) is 10.4. The van der Waals surface area contributed by atoms with Crippen molar-refractivity contribution in [3.8, 4) is 0 Å². The first kappa shape index (κ1) is 16.0. The molecule has 1 fully saturated rings. The van der Waals surface area contributed by atoms with Crippen molar-refractivity contribution >= 4 is 48.4 Å². The molecule has 0 unspecified atom stereocenters. The van der Waals surface area contributed by atoms with Gasteiger partial charge in [0, 0.05) is 17.2 Å². The van der Waals surface area contributed by atoms with Gasteiger partial charge in [0.15, 0.2) is 5.13 Å². The molecule has 3 heterocycles. The number of pyridine rings is 1. The summed E-state index contributed by atoms with van der Waals surface area (Å²) in [6.45, 7) is 3.42. The second kappa shape index (κ2) is 7.17.